The van der Waals surface area contributed by atoms with Gasteiger partial charge < -0.3 is 20.4 Å². The van der Waals surface area contributed by atoms with Gasteiger partial charge in [-0.2, -0.15) is 0 Å². The molecular formula is C19H17ClN4O2S. The minimum absolute atomic E-state index is 0.176. The number of ketones is 1. The van der Waals surface area contributed by atoms with Crippen LogP contribution in [0, 0.1) is 0 Å². The summed E-state index contributed by atoms with van der Waals surface area (Å²) in [5, 5.41) is 7.75. The normalized spacial score (nSPS) is 18.7. The van der Waals surface area contributed by atoms with Gasteiger partial charge in [0.15, 0.2) is 5.78 Å². The Morgan fingerprint density at radius 2 is 2.11 bits per heavy atom. The summed E-state index contributed by atoms with van der Waals surface area (Å²) in [6.45, 7) is 2.32. The van der Waals surface area contributed by atoms with Crippen molar-refractivity contribution in [2.24, 2.45) is 0 Å². The van der Waals surface area contributed by atoms with E-state index in [1.54, 1.807) is 43.8 Å². The van der Waals surface area contributed by atoms with Gasteiger partial charge in [-0.15, -0.1) is 0 Å². The van der Waals surface area contributed by atoms with Gasteiger partial charge in [0.1, 0.15) is 16.2 Å². The number of aromatic nitrogens is 2. The zero-order valence-electron chi connectivity index (χ0n) is 14.7. The number of carbonyl (C=O) groups is 1. The Morgan fingerprint density at radius 1 is 1.33 bits per heavy atom. The molecule has 0 radical (unpaired) electrons. The van der Waals surface area contributed by atoms with Crippen LogP contribution in [0.3, 0.4) is 0 Å². The maximum absolute atomic E-state index is 13.1. The smallest absolute Gasteiger partial charge is 0.196 e. The first-order chi connectivity index (χ1) is 12.9. The third-order valence-electron chi connectivity index (χ3n) is 4.65. The van der Waals surface area contributed by atoms with Gasteiger partial charge in [-0.1, -0.05) is 36.0 Å². The number of hydrogen-bond acceptors (Lipinski definition) is 5. The molecule has 0 saturated carbocycles. The van der Waals surface area contributed by atoms with Gasteiger partial charge in [0.05, 0.1) is 40.2 Å². The second-order valence-corrected chi connectivity index (χ2v) is 7.44. The molecule has 27 heavy (non-hydrogen) atoms. The summed E-state index contributed by atoms with van der Waals surface area (Å²) in [5.41, 5.74) is 2.40. The van der Waals surface area contributed by atoms with Crippen LogP contribution in [-0.4, -0.2) is 40.0 Å². The third kappa shape index (κ3) is 2.88. The minimum atomic E-state index is -0.604. The monoisotopic (exact) mass is 400 g/mol. The van der Waals surface area contributed by atoms with E-state index in [1.165, 1.54) is 0 Å². The Bertz CT molecular complexity index is 1080. The highest BCUT2D eigenvalue weighted by Gasteiger charge is 2.36. The maximum Gasteiger partial charge on any atom is 0.196 e. The van der Waals surface area contributed by atoms with Crippen molar-refractivity contribution in [3.05, 3.63) is 52.8 Å². The van der Waals surface area contributed by atoms with Gasteiger partial charge in [-0.25, -0.2) is 4.98 Å². The molecule has 1 aliphatic rings. The van der Waals surface area contributed by atoms with Crippen LogP contribution in [-0.2, 0) is 4.74 Å². The van der Waals surface area contributed by atoms with Crippen LogP contribution in [0.4, 0.5) is 11.4 Å². The van der Waals surface area contributed by atoms with E-state index in [2.05, 4.69) is 20.6 Å². The van der Waals surface area contributed by atoms with Crippen molar-refractivity contribution >= 4 is 57.0 Å². The van der Waals surface area contributed by atoms with E-state index >= 15 is 0 Å². The molecule has 2 aromatic heterocycles. The average Bonchev–Trinajstić information content (AvgIpc) is 3.07. The summed E-state index contributed by atoms with van der Waals surface area (Å²) in [7, 11) is 1.62. The first-order valence-electron chi connectivity index (χ1n) is 8.32. The number of benzene rings is 1. The van der Waals surface area contributed by atoms with Crippen molar-refractivity contribution in [3.63, 3.8) is 0 Å². The van der Waals surface area contributed by atoms with Gasteiger partial charge in [-0.05, 0) is 19.1 Å². The number of anilines is 2. The average molecular weight is 401 g/mol. The van der Waals surface area contributed by atoms with Gasteiger partial charge >= 0.3 is 0 Å². The van der Waals surface area contributed by atoms with Gasteiger partial charge in [-0.3, -0.25) is 4.79 Å². The molecule has 3 N–H and O–H groups in total. The number of fused-ring (bicyclic) bond motifs is 3. The lowest BCUT2D eigenvalue weighted by atomic mass is 9.96. The lowest BCUT2D eigenvalue weighted by molar-refractivity contribution is 0.104. The molecule has 0 bridgehead atoms. The number of aromatic amines is 1. The van der Waals surface area contributed by atoms with Crippen molar-refractivity contribution in [3.8, 4) is 0 Å². The van der Waals surface area contributed by atoms with Crippen molar-refractivity contribution < 1.29 is 9.53 Å². The van der Waals surface area contributed by atoms with E-state index in [0.29, 0.717) is 44.5 Å². The molecule has 4 rings (SSSR count). The Balaban J connectivity index is 1.89. The molecule has 138 valence electrons. The van der Waals surface area contributed by atoms with Crippen LogP contribution < -0.4 is 10.6 Å². The fourth-order valence-corrected chi connectivity index (χ4v) is 3.71. The fraction of sp³-hybridized carbons (Fsp3) is 0.211. The number of methoxy groups -OCH3 is 1. The molecule has 0 unspecified atom stereocenters. The molecular weight excluding hydrogens is 384 g/mol. The van der Waals surface area contributed by atoms with Gasteiger partial charge in [0, 0.05) is 18.9 Å². The molecule has 0 spiro atoms. The summed E-state index contributed by atoms with van der Waals surface area (Å²) < 4.78 is 5.33. The van der Waals surface area contributed by atoms with Crippen LogP contribution in [0.25, 0.3) is 11.0 Å². The number of nitrogens with zero attached hydrogens (tertiary/aromatic N) is 1. The molecule has 0 aliphatic carbocycles. The first-order valence-corrected chi connectivity index (χ1v) is 9.11. The molecule has 3 heterocycles. The van der Waals surface area contributed by atoms with E-state index in [0.717, 1.165) is 5.69 Å². The van der Waals surface area contributed by atoms with Crippen LogP contribution in [0.1, 0.15) is 22.8 Å². The topological polar surface area (TPSA) is 79.0 Å². The summed E-state index contributed by atoms with van der Waals surface area (Å²) in [5.74, 6) is -0.176. The number of thiocarbonyl (C=S) groups is 1. The second-order valence-electron chi connectivity index (χ2n) is 6.63. The van der Waals surface area contributed by atoms with E-state index in [-0.39, 0.29) is 5.78 Å². The summed E-state index contributed by atoms with van der Waals surface area (Å²) in [6.07, 6.45) is 3.34. The Kier molecular flexibility index (Phi) is 4.38. The Labute approximate surface area is 166 Å². The maximum atomic E-state index is 13.1. The highest BCUT2D eigenvalue weighted by atomic mass is 35.5. The Hall–Kier alpha value is -2.48. The van der Waals surface area contributed by atoms with E-state index in [9.17, 15) is 4.79 Å². The fourth-order valence-electron chi connectivity index (χ4n) is 3.27. The lowest BCUT2D eigenvalue weighted by Crippen LogP contribution is -2.52. The number of ether oxygens (including phenoxy) is 1. The van der Waals surface area contributed by atoms with Crippen molar-refractivity contribution in [1.82, 2.24) is 9.97 Å². The number of halogens is 1. The molecule has 3 aromatic rings. The zero-order chi connectivity index (χ0) is 19.2. The minimum Gasteiger partial charge on any atom is -0.382 e. The Morgan fingerprint density at radius 3 is 2.85 bits per heavy atom. The van der Waals surface area contributed by atoms with Crippen LogP contribution in [0.5, 0.6) is 0 Å². The van der Waals surface area contributed by atoms with Crippen LogP contribution in [0.15, 0.2) is 36.7 Å². The summed E-state index contributed by atoms with van der Waals surface area (Å²) in [4.78, 5) is 21.2. The number of H-pyrrole nitrogens is 1. The number of nitrogens with one attached hydrogen (secondary N) is 3. The predicted molar refractivity (Wildman–Crippen MR) is 111 cm³/mol. The summed E-state index contributed by atoms with van der Waals surface area (Å²) >= 11 is 11.7. The third-order valence-corrected chi connectivity index (χ3v) is 5.53. The quantitative estimate of drug-likeness (QED) is 0.453. The molecule has 8 heteroatoms. The number of rotatable bonds is 4. The molecule has 0 fully saturated rings. The standard InChI is InChI=1S/C19H17ClN4O2S/c1-19(9-26-2)18(27)23-13-8-22-17-14(15(13)24-19)11(7-21-17)16(25)10-5-3-4-6-12(10)20/h3-8,24H,9H2,1-2H3,(H,21,22)(H,23,27)/t19-/m0/s1. The highest BCUT2D eigenvalue weighted by molar-refractivity contribution is 7.80. The van der Waals surface area contributed by atoms with E-state index < -0.39 is 5.54 Å². The largest absolute Gasteiger partial charge is 0.382 e. The van der Waals surface area contributed by atoms with Gasteiger partial charge in [0.25, 0.3) is 0 Å². The van der Waals surface area contributed by atoms with Crippen molar-refractivity contribution in [2.75, 3.05) is 24.4 Å². The number of pyridine rings is 1. The number of carbonyl (C=O) groups excluding carboxylic acids is 1. The molecule has 1 aliphatic heterocycles. The molecule has 1 aromatic carbocycles. The SMILES string of the molecule is COC[C@]1(C)Nc2c(cnc3[nH]cc(C(=O)c4ccccc4Cl)c23)NC1=S. The predicted octanol–water partition coefficient (Wildman–Crippen LogP) is 4.02. The zero-order valence-corrected chi connectivity index (χ0v) is 16.3. The van der Waals surface area contributed by atoms with Gasteiger partial charge in [0.2, 0.25) is 0 Å². The first kappa shape index (κ1) is 17.9. The molecule has 0 saturated heterocycles. The van der Waals surface area contributed by atoms with Crippen LogP contribution >= 0.6 is 23.8 Å². The summed E-state index contributed by atoms with van der Waals surface area (Å²) in [6, 6.07) is 6.99. The van der Waals surface area contributed by atoms with Crippen LogP contribution in [0.2, 0.25) is 5.02 Å². The molecule has 6 nitrogen and oxygen atoms in total. The number of hydrogen-bond donors (Lipinski definition) is 3. The lowest BCUT2D eigenvalue weighted by Gasteiger charge is -2.37. The van der Waals surface area contributed by atoms with Crippen molar-refractivity contribution in [1.29, 1.82) is 0 Å². The second kappa shape index (κ2) is 6.60. The molecule has 0 amide bonds. The van der Waals surface area contributed by atoms with Crippen molar-refractivity contribution in [2.45, 2.75) is 12.5 Å². The van der Waals surface area contributed by atoms with E-state index in [4.69, 9.17) is 28.6 Å². The van der Waals surface area contributed by atoms with E-state index in [1.807, 2.05) is 6.92 Å². The molecule has 1 atom stereocenters. The highest BCUT2D eigenvalue weighted by Crippen LogP contribution is 2.39.